The molecule has 4 nitrogen and oxygen atoms in total. The highest BCUT2D eigenvalue weighted by Gasteiger charge is 2.32. The normalized spacial score (nSPS) is 18.7. The molecule has 4 heteroatoms. The second kappa shape index (κ2) is 7.70. The summed E-state index contributed by atoms with van der Waals surface area (Å²) in [5.41, 5.74) is 2.58. The van der Waals surface area contributed by atoms with E-state index >= 15 is 0 Å². The molecule has 2 aliphatic heterocycles. The molecule has 2 aromatic carbocycles. The van der Waals surface area contributed by atoms with Crippen LogP contribution in [0.25, 0.3) is 0 Å². The summed E-state index contributed by atoms with van der Waals surface area (Å²) in [6, 6.07) is 21.2. The fraction of sp³-hybridized carbons (Fsp3) is 0.368. The highest BCUT2D eigenvalue weighted by Crippen LogP contribution is 2.31. The van der Waals surface area contributed by atoms with Gasteiger partial charge in [0, 0.05) is 26.2 Å². The molecule has 0 aromatic heterocycles. The van der Waals surface area contributed by atoms with Crippen LogP contribution in [0.1, 0.15) is 17.2 Å². The average Bonchev–Trinajstić information content (AvgIpc) is 2.54. The Morgan fingerprint density at radius 2 is 1.22 bits per heavy atom. The van der Waals surface area contributed by atoms with Gasteiger partial charge < -0.3 is 15.5 Å². The van der Waals surface area contributed by atoms with Crippen LogP contribution < -0.4 is 5.32 Å². The summed E-state index contributed by atoms with van der Waals surface area (Å²) in [5, 5.41) is 20.8. The second-order valence-electron chi connectivity index (χ2n) is 6.14. The zero-order chi connectivity index (χ0) is 16.1. The summed E-state index contributed by atoms with van der Waals surface area (Å²) < 4.78 is 0. The molecule has 2 heterocycles. The Hall–Kier alpha value is -1.72. The lowest BCUT2D eigenvalue weighted by Crippen LogP contribution is -2.52. The minimum Gasteiger partial charge on any atom is -0.390 e. The van der Waals surface area contributed by atoms with Gasteiger partial charge in [-0.3, -0.25) is 4.90 Å². The van der Waals surface area contributed by atoms with Gasteiger partial charge in [-0.15, -0.1) is 0 Å². The van der Waals surface area contributed by atoms with Crippen LogP contribution in [0.4, 0.5) is 0 Å². The lowest BCUT2D eigenvalue weighted by Gasteiger charge is -2.42. The largest absolute Gasteiger partial charge is 0.390 e. The molecule has 2 fully saturated rings. The van der Waals surface area contributed by atoms with Gasteiger partial charge in [0.25, 0.3) is 0 Å². The number of nitrogens with zero attached hydrogens (tertiary/aromatic N) is 1. The number of benzene rings is 2. The third-order valence-electron chi connectivity index (χ3n) is 4.25. The summed E-state index contributed by atoms with van der Waals surface area (Å²) in [6.45, 7) is 3.10. The quantitative estimate of drug-likeness (QED) is 0.802. The maximum atomic E-state index is 9.52. The molecule has 3 N–H and O–H groups in total. The molecule has 0 spiro atoms. The number of β-amino-alcohol motifs (C(OH)–C–C–N with tert-alkyl or cyclic N) is 2. The van der Waals surface area contributed by atoms with Gasteiger partial charge in [-0.2, -0.15) is 0 Å². The molecular formula is C19H24N2O2. The Balaban J connectivity index is 0.000000267. The molecule has 122 valence electrons. The van der Waals surface area contributed by atoms with Gasteiger partial charge in [0.15, 0.2) is 0 Å². The maximum absolute atomic E-state index is 9.52. The van der Waals surface area contributed by atoms with E-state index in [1.807, 2.05) is 12.1 Å². The third-order valence-corrected chi connectivity index (χ3v) is 4.25. The Morgan fingerprint density at radius 1 is 0.783 bits per heavy atom. The summed E-state index contributed by atoms with van der Waals surface area (Å²) >= 11 is 0. The summed E-state index contributed by atoms with van der Waals surface area (Å²) in [6.07, 6.45) is -0.213. The van der Waals surface area contributed by atoms with Crippen molar-refractivity contribution < 1.29 is 10.2 Å². The van der Waals surface area contributed by atoms with E-state index in [1.54, 1.807) is 0 Å². The van der Waals surface area contributed by atoms with Gasteiger partial charge in [0.1, 0.15) is 0 Å². The molecule has 2 aromatic rings. The van der Waals surface area contributed by atoms with E-state index in [0.29, 0.717) is 0 Å². The number of aliphatic hydroxyl groups is 2. The van der Waals surface area contributed by atoms with Crippen LogP contribution in [-0.2, 0) is 0 Å². The SMILES string of the molecule is OC1CN(C(c2ccccc2)c2ccccc2)C1.OC1CNC1. The molecule has 2 saturated heterocycles. The first-order valence-corrected chi connectivity index (χ1v) is 8.15. The lowest BCUT2D eigenvalue weighted by atomic mass is 9.94. The van der Waals surface area contributed by atoms with E-state index in [4.69, 9.17) is 5.11 Å². The minimum absolute atomic E-state index is 0.0463. The van der Waals surface area contributed by atoms with Gasteiger partial charge in [0.2, 0.25) is 0 Å². The van der Waals surface area contributed by atoms with Crippen molar-refractivity contribution >= 4 is 0 Å². The summed E-state index contributed by atoms with van der Waals surface area (Å²) in [5.74, 6) is 0. The number of aliphatic hydroxyl groups excluding tert-OH is 2. The lowest BCUT2D eigenvalue weighted by molar-refractivity contribution is -0.0160. The average molecular weight is 312 g/mol. The first-order valence-electron chi connectivity index (χ1n) is 8.15. The maximum Gasteiger partial charge on any atom is 0.0794 e. The van der Waals surface area contributed by atoms with E-state index in [1.165, 1.54) is 11.1 Å². The minimum atomic E-state index is -0.167. The number of hydrogen-bond donors (Lipinski definition) is 3. The Bertz CT molecular complexity index is 541. The van der Waals surface area contributed by atoms with E-state index in [9.17, 15) is 5.11 Å². The number of nitrogens with one attached hydrogen (secondary N) is 1. The number of likely N-dealkylation sites (tertiary alicyclic amines) is 1. The Kier molecular flexibility index (Phi) is 5.41. The van der Waals surface area contributed by atoms with Crippen molar-refractivity contribution in [1.82, 2.24) is 10.2 Å². The van der Waals surface area contributed by atoms with Crippen molar-refractivity contribution in [3.63, 3.8) is 0 Å². The topological polar surface area (TPSA) is 55.7 Å². The predicted octanol–water partition coefficient (Wildman–Crippen LogP) is 1.40. The fourth-order valence-electron chi connectivity index (χ4n) is 2.86. The van der Waals surface area contributed by atoms with Crippen molar-refractivity contribution in [2.45, 2.75) is 18.2 Å². The molecular weight excluding hydrogens is 288 g/mol. The number of hydrogen-bond acceptors (Lipinski definition) is 4. The molecule has 23 heavy (non-hydrogen) atoms. The fourth-order valence-corrected chi connectivity index (χ4v) is 2.86. The molecule has 0 saturated carbocycles. The molecule has 0 radical (unpaired) electrons. The Morgan fingerprint density at radius 3 is 1.52 bits per heavy atom. The molecule has 0 unspecified atom stereocenters. The summed E-state index contributed by atoms with van der Waals surface area (Å²) in [7, 11) is 0. The Labute approximate surface area is 137 Å². The van der Waals surface area contributed by atoms with E-state index in [2.05, 4.69) is 58.7 Å². The second-order valence-corrected chi connectivity index (χ2v) is 6.14. The zero-order valence-electron chi connectivity index (χ0n) is 13.2. The molecule has 0 aliphatic carbocycles. The van der Waals surface area contributed by atoms with Crippen LogP contribution in [0.3, 0.4) is 0 Å². The van der Waals surface area contributed by atoms with Crippen LogP contribution in [0.15, 0.2) is 60.7 Å². The zero-order valence-corrected chi connectivity index (χ0v) is 13.2. The van der Waals surface area contributed by atoms with Crippen LogP contribution in [-0.4, -0.2) is 53.5 Å². The first kappa shape index (κ1) is 16.1. The highest BCUT2D eigenvalue weighted by atomic mass is 16.3. The highest BCUT2D eigenvalue weighted by molar-refractivity contribution is 5.32. The molecule has 4 rings (SSSR count). The van der Waals surface area contributed by atoms with Crippen LogP contribution >= 0.6 is 0 Å². The molecule has 0 amide bonds. The molecule has 0 atom stereocenters. The van der Waals surface area contributed by atoms with Crippen molar-refractivity contribution in [2.75, 3.05) is 26.2 Å². The smallest absolute Gasteiger partial charge is 0.0794 e. The van der Waals surface area contributed by atoms with Crippen molar-refractivity contribution in [2.24, 2.45) is 0 Å². The van der Waals surface area contributed by atoms with Gasteiger partial charge in [-0.05, 0) is 11.1 Å². The molecule has 0 bridgehead atoms. The van der Waals surface area contributed by atoms with Gasteiger partial charge in [0.05, 0.1) is 18.2 Å². The van der Waals surface area contributed by atoms with Crippen molar-refractivity contribution in [3.05, 3.63) is 71.8 Å². The van der Waals surface area contributed by atoms with E-state index in [0.717, 1.165) is 26.2 Å². The van der Waals surface area contributed by atoms with E-state index < -0.39 is 0 Å². The van der Waals surface area contributed by atoms with Crippen LogP contribution in [0.5, 0.6) is 0 Å². The standard InChI is InChI=1S/C16H17NO.C3H7NO/c18-15-11-17(12-15)16(13-7-3-1-4-8-13)14-9-5-2-6-10-14;5-3-1-4-2-3/h1-10,15-16,18H,11-12H2;3-5H,1-2H2. The summed E-state index contributed by atoms with van der Waals surface area (Å²) in [4.78, 5) is 2.31. The van der Waals surface area contributed by atoms with Gasteiger partial charge in [-0.1, -0.05) is 60.7 Å². The van der Waals surface area contributed by atoms with Crippen LogP contribution in [0.2, 0.25) is 0 Å². The van der Waals surface area contributed by atoms with E-state index in [-0.39, 0.29) is 18.2 Å². The molecule has 2 aliphatic rings. The monoisotopic (exact) mass is 312 g/mol. The van der Waals surface area contributed by atoms with Crippen molar-refractivity contribution in [3.8, 4) is 0 Å². The van der Waals surface area contributed by atoms with Crippen molar-refractivity contribution in [1.29, 1.82) is 0 Å². The third kappa shape index (κ3) is 4.18. The van der Waals surface area contributed by atoms with Gasteiger partial charge in [-0.25, -0.2) is 0 Å². The first-order chi connectivity index (χ1) is 11.2. The number of rotatable bonds is 3. The predicted molar refractivity (Wildman–Crippen MR) is 91.2 cm³/mol. The van der Waals surface area contributed by atoms with Crippen LogP contribution in [0, 0.1) is 0 Å². The van der Waals surface area contributed by atoms with Gasteiger partial charge >= 0.3 is 0 Å².